The Hall–Kier alpha value is -2.89. The van der Waals surface area contributed by atoms with Crippen LogP contribution in [0.3, 0.4) is 0 Å². The van der Waals surface area contributed by atoms with Crippen LogP contribution in [-0.2, 0) is 6.54 Å². The zero-order valence-electron chi connectivity index (χ0n) is 17.9. The van der Waals surface area contributed by atoms with E-state index in [9.17, 15) is 4.79 Å². The van der Waals surface area contributed by atoms with Crippen molar-refractivity contribution in [2.24, 2.45) is 0 Å². The Morgan fingerprint density at radius 3 is 2.39 bits per heavy atom. The Labute approximate surface area is 191 Å². The molecule has 0 bridgehead atoms. The van der Waals surface area contributed by atoms with E-state index in [1.165, 1.54) is 0 Å². The van der Waals surface area contributed by atoms with Gasteiger partial charge in [-0.3, -0.25) is 4.79 Å². The highest BCUT2D eigenvalue weighted by atomic mass is 79.9. The number of hydrogen-bond donors (Lipinski definition) is 0. The van der Waals surface area contributed by atoms with E-state index in [1.54, 1.807) is 7.11 Å². The van der Waals surface area contributed by atoms with Crippen LogP contribution in [0.1, 0.15) is 15.9 Å². The van der Waals surface area contributed by atoms with Crippen molar-refractivity contribution in [3.63, 3.8) is 0 Å². The lowest BCUT2D eigenvalue weighted by atomic mass is 10.0. The number of hydrogen-bond acceptors (Lipinski definition) is 3. The molecule has 4 nitrogen and oxygen atoms in total. The van der Waals surface area contributed by atoms with Crippen LogP contribution in [0.15, 0.2) is 77.3 Å². The second-order valence-corrected chi connectivity index (χ2v) is 8.67. The molecule has 3 aromatic carbocycles. The summed E-state index contributed by atoms with van der Waals surface area (Å²) in [4.78, 5) is 15.4. The van der Waals surface area contributed by atoms with Gasteiger partial charge < -0.3 is 14.2 Å². The number of carbonyl (C=O) groups is 1. The second-order valence-electron chi connectivity index (χ2n) is 7.81. The lowest BCUT2D eigenvalue weighted by Crippen LogP contribution is -2.22. The maximum atomic E-state index is 13.5. The molecule has 5 heteroatoms. The van der Waals surface area contributed by atoms with E-state index in [0.717, 1.165) is 43.5 Å². The van der Waals surface area contributed by atoms with Gasteiger partial charge in [0.2, 0.25) is 0 Å². The monoisotopic (exact) mass is 476 g/mol. The minimum absolute atomic E-state index is 0.0907. The predicted molar refractivity (Wildman–Crippen MR) is 130 cm³/mol. The lowest BCUT2D eigenvalue weighted by molar-refractivity contribution is 0.0960. The van der Waals surface area contributed by atoms with E-state index >= 15 is 0 Å². The SMILES string of the molecule is COc1ccc2c(c1)c(C(=O)CN(C)C)c(-c1ccccc1)n2Cc1ccccc1Br. The third-order valence-corrected chi connectivity index (χ3v) is 6.12. The van der Waals surface area contributed by atoms with Crippen molar-refractivity contribution in [2.75, 3.05) is 27.7 Å². The first-order chi connectivity index (χ1) is 15.0. The minimum Gasteiger partial charge on any atom is -0.497 e. The van der Waals surface area contributed by atoms with E-state index < -0.39 is 0 Å². The van der Waals surface area contributed by atoms with Crippen LogP contribution in [0.25, 0.3) is 22.2 Å². The zero-order chi connectivity index (χ0) is 22.0. The van der Waals surface area contributed by atoms with Gasteiger partial charge in [0, 0.05) is 21.9 Å². The maximum absolute atomic E-state index is 13.5. The van der Waals surface area contributed by atoms with E-state index in [4.69, 9.17) is 4.74 Å². The minimum atomic E-state index is 0.0907. The molecule has 1 aromatic heterocycles. The van der Waals surface area contributed by atoms with Gasteiger partial charge in [0.05, 0.1) is 24.9 Å². The molecule has 0 aliphatic carbocycles. The molecule has 0 unspecified atom stereocenters. The molecule has 4 aromatic rings. The number of ketones is 1. The van der Waals surface area contributed by atoms with Gasteiger partial charge in [0.1, 0.15) is 5.75 Å². The molecule has 0 saturated heterocycles. The average Bonchev–Trinajstić information content (AvgIpc) is 3.09. The first-order valence-electron chi connectivity index (χ1n) is 10.2. The van der Waals surface area contributed by atoms with Crippen LogP contribution >= 0.6 is 15.9 Å². The molecule has 0 amide bonds. The van der Waals surface area contributed by atoms with Crippen LogP contribution in [0.5, 0.6) is 5.75 Å². The van der Waals surface area contributed by atoms with Gasteiger partial charge in [-0.05, 0) is 49.5 Å². The Morgan fingerprint density at radius 1 is 1.00 bits per heavy atom. The average molecular weight is 477 g/mol. The van der Waals surface area contributed by atoms with Gasteiger partial charge in [0.15, 0.2) is 5.78 Å². The van der Waals surface area contributed by atoms with Gasteiger partial charge in [-0.25, -0.2) is 0 Å². The van der Waals surface area contributed by atoms with Crippen LogP contribution in [0.2, 0.25) is 0 Å². The van der Waals surface area contributed by atoms with Crippen molar-refractivity contribution in [2.45, 2.75) is 6.54 Å². The van der Waals surface area contributed by atoms with E-state index in [0.29, 0.717) is 13.1 Å². The predicted octanol–water partition coefficient (Wildman–Crippen LogP) is 5.87. The first kappa shape index (κ1) is 21.3. The number of rotatable bonds is 7. The van der Waals surface area contributed by atoms with Gasteiger partial charge in [-0.15, -0.1) is 0 Å². The Bertz CT molecular complexity index is 1230. The molecule has 158 valence electrons. The summed E-state index contributed by atoms with van der Waals surface area (Å²) in [5.74, 6) is 0.831. The zero-order valence-corrected chi connectivity index (χ0v) is 19.5. The van der Waals surface area contributed by atoms with Crippen molar-refractivity contribution >= 4 is 32.6 Å². The summed E-state index contributed by atoms with van der Waals surface area (Å²) in [5.41, 5.74) is 4.86. The van der Waals surface area contributed by atoms with E-state index in [-0.39, 0.29) is 5.78 Å². The standard InChI is InChI=1S/C26H25BrN2O2/c1-28(2)17-24(30)25-21-15-20(31-3)13-14-23(21)29(16-19-11-7-8-12-22(19)27)26(25)18-9-5-4-6-10-18/h4-15H,16-17H2,1-3H3. The first-order valence-corrected chi connectivity index (χ1v) is 11.0. The molecule has 0 aliphatic rings. The highest BCUT2D eigenvalue weighted by Crippen LogP contribution is 2.37. The fraction of sp³-hybridized carbons (Fsp3) is 0.192. The molecule has 0 fully saturated rings. The summed E-state index contributed by atoms with van der Waals surface area (Å²) in [6, 6.07) is 24.3. The third-order valence-electron chi connectivity index (χ3n) is 5.34. The topological polar surface area (TPSA) is 34.5 Å². The van der Waals surface area contributed by atoms with Crippen molar-refractivity contribution in [1.82, 2.24) is 9.47 Å². The number of ether oxygens (including phenoxy) is 1. The highest BCUT2D eigenvalue weighted by molar-refractivity contribution is 9.10. The smallest absolute Gasteiger partial charge is 0.179 e. The largest absolute Gasteiger partial charge is 0.497 e. The van der Waals surface area contributed by atoms with Crippen molar-refractivity contribution in [3.8, 4) is 17.0 Å². The quantitative estimate of drug-likeness (QED) is 0.312. The molecule has 0 atom stereocenters. The third kappa shape index (κ3) is 4.29. The summed E-state index contributed by atoms with van der Waals surface area (Å²) < 4.78 is 8.78. The molecule has 0 radical (unpaired) electrons. The normalized spacial score (nSPS) is 11.3. The van der Waals surface area contributed by atoms with Gasteiger partial charge in [-0.1, -0.05) is 64.5 Å². The summed E-state index contributed by atoms with van der Waals surface area (Å²) in [5, 5.41) is 0.914. The van der Waals surface area contributed by atoms with Gasteiger partial charge >= 0.3 is 0 Å². The number of fused-ring (bicyclic) bond motifs is 1. The number of nitrogens with zero attached hydrogens (tertiary/aromatic N) is 2. The molecule has 0 N–H and O–H groups in total. The Kier molecular flexibility index (Phi) is 6.25. The van der Waals surface area contributed by atoms with Crippen LogP contribution in [0.4, 0.5) is 0 Å². The molecular weight excluding hydrogens is 452 g/mol. The van der Waals surface area contributed by atoms with Crippen molar-refractivity contribution in [3.05, 3.63) is 88.4 Å². The Morgan fingerprint density at radius 2 is 1.71 bits per heavy atom. The van der Waals surface area contributed by atoms with Gasteiger partial charge in [0.25, 0.3) is 0 Å². The number of benzene rings is 3. The van der Waals surface area contributed by atoms with E-state index in [1.807, 2.05) is 73.6 Å². The molecule has 0 spiro atoms. The van der Waals surface area contributed by atoms with Gasteiger partial charge in [-0.2, -0.15) is 0 Å². The summed E-state index contributed by atoms with van der Waals surface area (Å²) in [7, 11) is 5.49. The number of halogens is 1. The van der Waals surface area contributed by atoms with Crippen LogP contribution in [-0.4, -0.2) is 43.0 Å². The lowest BCUT2D eigenvalue weighted by Gasteiger charge is -2.15. The van der Waals surface area contributed by atoms with Crippen molar-refractivity contribution in [1.29, 1.82) is 0 Å². The molecule has 0 saturated carbocycles. The maximum Gasteiger partial charge on any atom is 0.179 e. The van der Waals surface area contributed by atoms with Crippen LogP contribution in [0, 0.1) is 0 Å². The fourth-order valence-electron chi connectivity index (χ4n) is 3.97. The van der Waals surface area contributed by atoms with Crippen LogP contribution < -0.4 is 4.74 Å². The molecule has 4 rings (SSSR count). The summed E-state index contributed by atoms with van der Waals surface area (Å²) >= 11 is 3.68. The number of aromatic nitrogens is 1. The number of Topliss-reactive ketones (excluding diaryl/α,β-unsaturated/α-hetero) is 1. The fourth-order valence-corrected chi connectivity index (χ4v) is 4.38. The summed E-state index contributed by atoms with van der Waals surface area (Å²) in [6.07, 6.45) is 0. The van der Waals surface area contributed by atoms with Crippen molar-refractivity contribution < 1.29 is 9.53 Å². The Balaban J connectivity index is 2.04. The number of likely N-dealkylation sites (N-methyl/N-ethyl adjacent to an activating group) is 1. The molecular formula is C26H25BrN2O2. The number of methoxy groups -OCH3 is 1. The highest BCUT2D eigenvalue weighted by Gasteiger charge is 2.24. The summed E-state index contributed by atoms with van der Waals surface area (Å²) in [6.45, 7) is 0.981. The molecule has 0 aliphatic heterocycles. The molecule has 31 heavy (non-hydrogen) atoms. The van der Waals surface area contributed by atoms with E-state index in [2.05, 4.69) is 38.7 Å². The number of carbonyl (C=O) groups excluding carboxylic acids is 1. The molecule has 1 heterocycles. The second kappa shape index (κ2) is 9.08.